The van der Waals surface area contributed by atoms with Gasteiger partial charge in [0.25, 0.3) is 0 Å². The lowest BCUT2D eigenvalue weighted by Crippen LogP contribution is -2.46. The molecule has 1 aromatic rings. The number of aliphatic carboxylic acids is 1. The Labute approximate surface area is 163 Å². The minimum atomic E-state index is -1.16. The Morgan fingerprint density at radius 3 is 2.32 bits per heavy atom. The molecule has 0 saturated heterocycles. The van der Waals surface area contributed by atoms with Crippen molar-refractivity contribution >= 4 is 23.7 Å². The lowest BCUT2D eigenvalue weighted by Gasteiger charge is -2.16. The van der Waals surface area contributed by atoms with Crippen LogP contribution in [0.15, 0.2) is 36.9 Å². The highest BCUT2D eigenvalue weighted by atomic mass is 16.5. The maximum atomic E-state index is 12.0. The van der Waals surface area contributed by atoms with E-state index >= 15 is 0 Å². The number of hydrogen-bond donors (Lipinski definition) is 4. The first kappa shape index (κ1) is 22.7. The summed E-state index contributed by atoms with van der Waals surface area (Å²) in [5.41, 5.74) is 0.728. The molecule has 0 aliphatic rings. The van der Waals surface area contributed by atoms with Crippen molar-refractivity contribution in [1.29, 1.82) is 0 Å². The second-order valence-electron chi connectivity index (χ2n) is 5.97. The molecule has 0 aliphatic heterocycles. The molecule has 3 amide bonds. The van der Waals surface area contributed by atoms with E-state index in [1.165, 1.54) is 20.1 Å². The lowest BCUT2D eigenvalue weighted by atomic mass is 10.1. The van der Waals surface area contributed by atoms with Gasteiger partial charge >= 0.3 is 5.97 Å². The van der Waals surface area contributed by atoms with E-state index in [1.807, 2.05) is 0 Å². The molecular weight excluding hydrogens is 366 g/mol. The topological polar surface area (TPSA) is 134 Å². The highest BCUT2D eigenvalue weighted by Gasteiger charge is 2.21. The molecule has 28 heavy (non-hydrogen) atoms. The van der Waals surface area contributed by atoms with Crippen LogP contribution in [-0.2, 0) is 25.6 Å². The fourth-order valence-electron chi connectivity index (χ4n) is 2.32. The number of carbonyl (C=O) groups excluding carboxylic acids is 3. The van der Waals surface area contributed by atoms with Crippen LogP contribution in [0, 0.1) is 0 Å². The Bertz CT molecular complexity index is 717. The van der Waals surface area contributed by atoms with Gasteiger partial charge in [-0.25, -0.2) is 4.79 Å². The molecule has 2 unspecified atom stereocenters. The number of nitrogens with one attached hydrogen (secondary N) is 3. The molecule has 0 saturated carbocycles. The summed E-state index contributed by atoms with van der Waals surface area (Å²) in [6.07, 6.45) is 1.27. The monoisotopic (exact) mass is 391 g/mol. The van der Waals surface area contributed by atoms with Crippen molar-refractivity contribution in [1.82, 2.24) is 16.0 Å². The highest BCUT2D eigenvalue weighted by molar-refractivity contribution is 5.89. The average Bonchev–Trinajstić information content (AvgIpc) is 2.65. The van der Waals surface area contributed by atoms with Crippen LogP contribution in [0.5, 0.6) is 5.75 Å². The number of methoxy groups -OCH3 is 1. The molecule has 2 atom stereocenters. The number of ether oxygens (including phenoxy) is 1. The maximum absolute atomic E-state index is 12.0. The zero-order valence-corrected chi connectivity index (χ0v) is 15.9. The predicted octanol–water partition coefficient (Wildman–Crippen LogP) is 0.00410. The number of hydrogen-bond acceptors (Lipinski definition) is 5. The molecule has 0 bridgehead atoms. The number of carboxylic acids is 1. The van der Waals surface area contributed by atoms with Crippen molar-refractivity contribution in [3.8, 4) is 5.75 Å². The van der Waals surface area contributed by atoms with Gasteiger partial charge in [-0.05, 0) is 17.7 Å². The molecule has 152 valence electrons. The van der Waals surface area contributed by atoms with Gasteiger partial charge in [-0.3, -0.25) is 14.4 Å². The van der Waals surface area contributed by atoms with E-state index in [-0.39, 0.29) is 25.3 Å². The van der Waals surface area contributed by atoms with Gasteiger partial charge in [0.05, 0.1) is 7.11 Å². The lowest BCUT2D eigenvalue weighted by molar-refractivity contribution is -0.141. The molecule has 1 rings (SSSR count). The van der Waals surface area contributed by atoms with Crippen LogP contribution >= 0.6 is 0 Å². The normalized spacial score (nSPS) is 12.2. The van der Waals surface area contributed by atoms with Crippen molar-refractivity contribution in [2.45, 2.75) is 31.8 Å². The SMILES string of the molecule is C=CC(NC(C)=O)C(=O)NCCC(=O)NC(Cc1ccc(OC)cc1)C(=O)O. The van der Waals surface area contributed by atoms with Gasteiger partial charge < -0.3 is 25.8 Å². The van der Waals surface area contributed by atoms with Crippen molar-refractivity contribution < 1.29 is 29.0 Å². The Kier molecular flexibility index (Phi) is 9.21. The third kappa shape index (κ3) is 7.90. The van der Waals surface area contributed by atoms with Gasteiger partial charge in [0, 0.05) is 26.3 Å². The standard InChI is InChI=1S/C19H25N3O6/c1-4-15(21-12(2)23)18(25)20-10-9-17(24)22-16(19(26)27)11-13-5-7-14(28-3)8-6-13/h4-8,15-16H,1,9-11H2,2-3H3,(H,20,25)(H,21,23)(H,22,24)(H,26,27). The fraction of sp³-hybridized carbons (Fsp3) is 0.368. The van der Waals surface area contributed by atoms with E-state index < -0.39 is 29.9 Å². The Hall–Kier alpha value is -3.36. The van der Waals surface area contributed by atoms with Gasteiger partial charge in [0.2, 0.25) is 17.7 Å². The minimum absolute atomic E-state index is 0.0105. The molecular formula is C19H25N3O6. The summed E-state index contributed by atoms with van der Waals surface area (Å²) in [5, 5.41) is 16.6. The highest BCUT2D eigenvalue weighted by Crippen LogP contribution is 2.12. The Balaban J connectivity index is 2.51. The summed E-state index contributed by atoms with van der Waals surface area (Å²) in [5.74, 6) is -1.93. The van der Waals surface area contributed by atoms with E-state index in [2.05, 4.69) is 22.5 Å². The Morgan fingerprint density at radius 2 is 1.82 bits per heavy atom. The third-order valence-electron chi connectivity index (χ3n) is 3.76. The van der Waals surface area contributed by atoms with Gasteiger partial charge in [-0.2, -0.15) is 0 Å². The largest absolute Gasteiger partial charge is 0.497 e. The second-order valence-corrected chi connectivity index (χ2v) is 5.97. The van der Waals surface area contributed by atoms with E-state index in [4.69, 9.17) is 4.74 Å². The molecule has 0 aliphatic carbocycles. The third-order valence-corrected chi connectivity index (χ3v) is 3.76. The first-order valence-corrected chi connectivity index (χ1v) is 8.59. The van der Waals surface area contributed by atoms with E-state index in [1.54, 1.807) is 24.3 Å². The summed E-state index contributed by atoms with van der Waals surface area (Å²) < 4.78 is 5.05. The van der Waals surface area contributed by atoms with Crippen molar-refractivity contribution in [2.24, 2.45) is 0 Å². The summed E-state index contributed by atoms with van der Waals surface area (Å²) in [4.78, 5) is 46.3. The Morgan fingerprint density at radius 1 is 1.18 bits per heavy atom. The summed E-state index contributed by atoms with van der Waals surface area (Å²) >= 11 is 0. The second kappa shape index (κ2) is 11.4. The quantitative estimate of drug-likeness (QED) is 0.393. The van der Waals surface area contributed by atoms with Crippen LogP contribution in [0.2, 0.25) is 0 Å². The summed E-state index contributed by atoms with van der Waals surface area (Å²) in [7, 11) is 1.53. The van der Waals surface area contributed by atoms with Crippen LogP contribution in [0.1, 0.15) is 18.9 Å². The van der Waals surface area contributed by atoms with Crippen LogP contribution in [0.3, 0.4) is 0 Å². The van der Waals surface area contributed by atoms with Crippen molar-refractivity contribution in [3.63, 3.8) is 0 Å². The van der Waals surface area contributed by atoms with Gasteiger partial charge in [-0.15, -0.1) is 6.58 Å². The molecule has 0 spiro atoms. The van der Waals surface area contributed by atoms with Crippen LogP contribution in [0.4, 0.5) is 0 Å². The van der Waals surface area contributed by atoms with E-state index in [0.717, 1.165) is 5.56 Å². The first-order valence-electron chi connectivity index (χ1n) is 8.59. The molecule has 9 heteroatoms. The van der Waals surface area contributed by atoms with Gasteiger partial charge in [0.15, 0.2) is 0 Å². The molecule has 4 N–H and O–H groups in total. The molecule has 0 fully saturated rings. The minimum Gasteiger partial charge on any atom is -0.497 e. The molecule has 0 heterocycles. The smallest absolute Gasteiger partial charge is 0.326 e. The number of carboxylic acid groups (broad SMARTS) is 1. The van der Waals surface area contributed by atoms with E-state index in [9.17, 15) is 24.3 Å². The molecule has 0 radical (unpaired) electrons. The van der Waals surface area contributed by atoms with E-state index in [0.29, 0.717) is 5.75 Å². The predicted molar refractivity (Wildman–Crippen MR) is 102 cm³/mol. The van der Waals surface area contributed by atoms with Crippen LogP contribution < -0.4 is 20.7 Å². The fourth-order valence-corrected chi connectivity index (χ4v) is 2.32. The summed E-state index contributed by atoms with van der Waals surface area (Å²) in [6, 6.07) is 4.85. The molecule has 1 aromatic carbocycles. The number of carbonyl (C=O) groups is 4. The van der Waals surface area contributed by atoms with Crippen LogP contribution in [0.25, 0.3) is 0 Å². The first-order chi connectivity index (χ1) is 13.3. The maximum Gasteiger partial charge on any atom is 0.326 e. The zero-order chi connectivity index (χ0) is 21.1. The van der Waals surface area contributed by atoms with Crippen LogP contribution in [-0.4, -0.2) is 54.5 Å². The van der Waals surface area contributed by atoms with Crippen molar-refractivity contribution in [2.75, 3.05) is 13.7 Å². The zero-order valence-electron chi connectivity index (χ0n) is 15.9. The molecule has 0 aromatic heterocycles. The van der Waals surface area contributed by atoms with Gasteiger partial charge in [-0.1, -0.05) is 18.2 Å². The van der Waals surface area contributed by atoms with Gasteiger partial charge in [0.1, 0.15) is 17.8 Å². The molecule has 9 nitrogen and oxygen atoms in total. The number of rotatable bonds is 11. The average molecular weight is 391 g/mol. The number of benzene rings is 1. The summed E-state index contributed by atoms with van der Waals surface area (Å²) in [6.45, 7) is 4.72. The number of amides is 3. The van der Waals surface area contributed by atoms with Crippen molar-refractivity contribution in [3.05, 3.63) is 42.5 Å².